The van der Waals surface area contributed by atoms with Gasteiger partial charge in [0.25, 0.3) is 0 Å². The Morgan fingerprint density at radius 2 is 1.89 bits per heavy atom. The molecule has 3 nitrogen and oxygen atoms in total. The largest absolute Gasteiger partial charge is 0.364 e. The van der Waals surface area contributed by atoms with Gasteiger partial charge < -0.3 is 10.1 Å². The van der Waals surface area contributed by atoms with Gasteiger partial charge in [0.1, 0.15) is 6.73 Å². The average Bonchev–Trinajstić information content (AvgIpc) is 3.38. The summed E-state index contributed by atoms with van der Waals surface area (Å²) in [5.74, 6) is 0. The number of rotatable bonds is 6. The van der Waals surface area contributed by atoms with Crippen molar-refractivity contribution in [3.05, 3.63) is 93.5 Å². The summed E-state index contributed by atoms with van der Waals surface area (Å²) in [6.07, 6.45) is 8.24. The molecular weight excluding hydrogens is 364 g/mol. The molecule has 0 atom stereocenters. The van der Waals surface area contributed by atoms with E-state index in [1.165, 1.54) is 26.6 Å². The van der Waals surface area contributed by atoms with E-state index >= 15 is 0 Å². The van der Waals surface area contributed by atoms with Gasteiger partial charge in [0.15, 0.2) is 0 Å². The molecule has 28 heavy (non-hydrogen) atoms. The lowest BCUT2D eigenvalue weighted by Crippen LogP contribution is -2.03. The minimum absolute atomic E-state index is 0.611. The van der Waals surface area contributed by atoms with Crippen LogP contribution in [0.4, 0.5) is 0 Å². The van der Waals surface area contributed by atoms with Crippen molar-refractivity contribution in [2.75, 3.05) is 13.3 Å². The van der Waals surface area contributed by atoms with Crippen molar-refractivity contribution in [3.63, 3.8) is 0 Å². The van der Waals surface area contributed by atoms with Crippen molar-refractivity contribution < 1.29 is 4.74 Å². The van der Waals surface area contributed by atoms with Crippen molar-refractivity contribution in [1.29, 1.82) is 0 Å². The highest BCUT2D eigenvalue weighted by atomic mass is 32.1. The number of hydrogen-bond donors (Lipinski definition) is 1. The van der Waals surface area contributed by atoms with Gasteiger partial charge in [-0.3, -0.25) is 0 Å². The maximum Gasteiger partial charge on any atom is 0.116 e. The number of benzene rings is 2. The summed E-state index contributed by atoms with van der Waals surface area (Å²) in [5.41, 5.74) is 6.00. The van der Waals surface area contributed by atoms with E-state index in [0.29, 0.717) is 13.3 Å². The predicted octanol–water partition coefficient (Wildman–Crippen LogP) is 5.38. The molecule has 3 aromatic rings. The molecule has 0 spiro atoms. The summed E-state index contributed by atoms with van der Waals surface area (Å²) in [6, 6.07) is 19.2. The average molecular weight is 389 g/mol. The first-order valence-corrected chi connectivity index (χ1v) is 10.4. The standard InChI is InChI=1S/C24H24N2OS/c1-18-24(21-7-3-2-4-8-21)26-23(28-18)15-14-20-12-10-19(11-13-20)6-5-9-22-16-27-17-25-22/h2-13,25H,14-17H2,1H3. The monoisotopic (exact) mass is 388 g/mol. The van der Waals surface area contributed by atoms with Crippen LogP contribution in [0, 0.1) is 6.92 Å². The summed E-state index contributed by atoms with van der Waals surface area (Å²) in [5, 5.41) is 4.39. The first kappa shape index (κ1) is 18.7. The topological polar surface area (TPSA) is 34.1 Å². The second-order valence-corrected chi connectivity index (χ2v) is 8.13. The smallest absolute Gasteiger partial charge is 0.116 e. The molecule has 1 fully saturated rings. The third-order valence-electron chi connectivity index (χ3n) is 4.74. The van der Waals surface area contributed by atoms with Gasteiger partial charge in [0, 0.05) is 22.6 Å². The lowest BCUT2D eigenvalue weighted by Gasteiger charge is -2.01. The molecule has 1 aliphatic rings. The molecule has 4 rings (SSSR count). The van der Waals surface area contributed by atoms with Crippen molar-refractivity contribution >= 4 is 17.4 Å². The zero-order chi connectivity index (χ0) is 19.2. The zero-order valence-corrected chi connectivity index (χ0v) is 16.8. The molecule has 0 unspecified atom stereocenters. The molecule has 142 valence electrons. The molecule has 0 radical (unpaired) electrons. The van der Waals surface area contributed by atoms with Gasteiger partial charge >= 0.3 is 0 Å². The Bertz CT molecular complexity index is 964. The lowest BCUT2D eigenvalue weighted by molar-refractivity contribution is 0.197. The highest BCUT2D eigenvalue weighted by Crippen LogP contribution is 2.28. The molecule has 2 aromatic carbocycles. The minimum Gasteiger partial charge on any atom is -0.364 e. The van der Waals surface area contributed by atoms with Gasteiger partial charge in [0.2, 0.25) is 0 Å². The Morgan fingerprint density at radius 1 is 1.07 bits per heavy atom. The van der Waals surface area contributed by atoms with E-state index < -0.39 is 0 Å². The van der Waals surface area contributed by atoms with Crippen LogP contribution in [0.2, 0.25) is 0 Å². The highest BCUT2D eigenvalue weighted by molar-refractivity contribution is 7.12. The number of nitrogens with one attached hydrogen (secondary N) is 1. The van der Waals surface area contributed by atoms with E-state index in [0.717, 1.165) is 24.2 Å². The summed E-state index contributed by atoms with van der Waals surface area (Å²) >= 11 is 1.81. The first-order valence-electron chi connectivity index (χ1n) is 9.57. The Hall–Kier alpha value is -2.69. The van der Waals surface area contributed by atoms with Gasteiger partial charge in [0.05, 0.1) is 17.3 Å². The maximum absolute atomic E-state index is 5.26. The first-order chi connectivity index (χ1) is 13.8. The van der Waals surface area contributed by atoms with E-state index in [2.05, 4.69) is 79.0 Å². The third-order valence-corrected chi connectivity index (χ3v) is 5.77. The Morgan fingerprint density at radius 3 is 2.64 bits per heavy atom. The Labute approximate surface area is 170 Å². The normalized spacial score (nSPS) is 15.4. The van der Waals surface area contributed by atoms with Crippen molar-refractivity contribution in [2.45, 2.75) is 19.8 Å². The van der Waals surface area contributed by atoms with Gasteiger partial charge in [-0.2, -0.15) is 0 Å². The molecule has 1 aliphatic heterocycles. The van der Waals surface area contributed by atoms with E-state index in [1.54, 1.807) is 0 Å². The van der Waals surface area contributed by atoms with Crippen LogP contribution in [0.5, 0.6) is 0 Å². The molecule has 1 N–H and O–H groups in total. The van der Waals surface area contributed by atoms with Crippen molar-refractivity contribution in [2.24, 2.45) is 0 Å². The molecule has 0 aliphatic carbocycles. The maximum atomic E-state index is 5.26. The van der Waals surface area contributed by atoms with E-state index in [9.17, 15) is 0 Å². The number of ether oxygens (including phenoxy) is 1. The molecule has 4 heteroatoms. The molecule has 1 aromatic heterocycles. The van der Waals surface area contributed by atoms with Crippen LogP contribution >= 0.6 is 11.3 Å². The molecule has 0 bridgehead atoms. The van der Waals surface area contributed by atoms with Crippen molar-refractivity contribution in [3.8, 4) is 11.3 Å². The van der Waals surface area contributed by atoms with Crippen LogP contribution in [-0.2, 0) is 17.6 Å². The lowest BCUT2D eigenvalue weighted by atomic mass is 10.1. The van der Waals surface area contributed by atoms with Crippen LogP contribution in [0.15, 0.2) is 72.4 Å². The van der Waals surface area contributed by atoms with E-state index in [1.807, 2.05) is 17.4 Å². The highest BCUT2D eigenvalue weighted by Gasteiger charge is 2.09. The van der Waals surface area contributed by atoms with E-state index in [-0.39, 0.29) is 0 Å². The second kappa shape index (κ2) is 9.00. The Kier molecular flexibility index (Phi) is 6.00. The number of nitrogens with zero attached hydrogens (tertiary/aromatic N) is 1. The van der Waals surface area contributed by atoms with Crippen molar-refractivity contribution in [1.82, 2.24) is 10.3 Å². The Balaban J connectivity index is 1.35. The number of aromatic nitrogens is 1. The van der Waals surface area contributed by atoms with Crippen LogP contribution in [0.1, 0.15) is 21.0 Å². The molecule has 2 heterocycles. The zero-order valence-electron chi connectivity index (χ0n) is 16.0. The SMILES string of the molecule is Cc1sc(CCc2ccc(C=CC=C3COCN3)cc2)nc1-c1ccccc1. The summed E-state index contributed by atoms with van der Waals surface area (Å²) < 4.78 is 5.26. The summed E-state index contributed by atoms with van der Waals surface area (Å²) in [7, 11) is 0. The molecule has 0 saturated carbocycles. The number of aryl methyl sites for hydroxylation is 3. The van der Waals surface area contributed by atoms with Crippen LogP contribution in [0.3, 0.4) is 0 Å². The fraction of sp³-hybridized carbons (Fsp3) is 0.208. The number of hydrogen-bond acceptors (Lipinski definition) is 4. The van der Waals surface area contributed by atoms with Crippen LogP contribution in [0.25, 0.3) is 17.3 Å². The second-order valence-electron chi connectivity index (χ2n) is 6.84. The number of thiazole rings is 1. The van der Waals surface area contributed by atoms with E-state index in [4.69, 9.17) is 9.72 Å². The third kappa shape index (κ3) is 4.77. The number of allylic oxidation sites excluding steroid dienone is 2. The summed E-state index contributed by atoms with van der Waals surface area (Å²) in [4.78, 5) is 6.17. The van der Waals surface area contributed by atoms with Crippen LogP contribution < -0.4 is 5.32 Å². The van der Waals surface area contributed by atoms with Crippen LogP contribution in [-0.4, -0.2) is 18.3 Å². The molecule has 0 amide bonds. The fourth-order valence-electron chi connectivity index (χ4n) is 3.21. The van der Waals surface area contributed by atoms with Gasteiger partial charge in [-0.25, -0.2) is 4.98 Å². The molecular formula is C24H24N2OS. The molecule has 1 saturated heterocycles. The predicted molar refractivity (Wildman–Crippen MR) is 117 cm³/mol. The summed E-state index contributed by atoms with van der Waals surface area (Å²) in [6.45, 7) is 3.44. The van der Waals surface area contributed by atoms with Gasteiger partial charge in [-0.05, 0) is 30.5 Å². The van der Waals surface area contributed by atoms with Gasteiger partial charge in [-0.1, -0.05) is 66.7 Å². The minimum atomic E-state index is 0.611. The van der Waals surface area contributed by atoms with Gasteiger partial charge in [-0.15, -0.1) is 11.3 Å². The quantitative estimate of drug-likeness (QED) is 0.616. The fourth-order valence-corrected chi connectivity index (χ4v) is 4.16.